The second-order valence-corrected chi connectivity index (χ2v) is 3.12. The molecule has 1 aliphatic rings. The molecule has 0 aromatic heterocycles. The Bertz CT molecular complexity index is 218. The Balaban J connectivity index is 2.42. The van der Waals surface area contributed by atoms with Gasteiger partial charge in [-0.3, -0.25) is 9.59 Å². The molecule has 0 aromatic rings. The van der Waals surface area contributed by atoms with Crippen molar-refractivity contribution in [2.45, 2.75) is 32.1 Å². The van der Waals surface area contributed by atoms with E-state index in [0.29, 0.717) is 13.0 Å². The van der Waals surface area contributed by atoms with Gasteiger partial charge in [-0.1, -0.05) is 12.2 Å². The minimum atomic E-state index is -0.406. The van der Waals surface area contributed by atoms with Crippen LogP contribution in [0.3, 0.4) is 0 Å². The third kappa shape index (κ3) is 4.45. The third-order valence-corrected chi connectivity index (χ3v) is 1.93. The molecule has 0 spiro atoms. The van der Waals surface area contributed by atoms with Crippen molar-refractivity contribution in [3.8, 4) is 0 Å². The normalized spacial score (nSPS) is 23.1. The quantitative estimate of drug-likeness (QED) is 0.325. The van der Waals surface area contributed by atoms with E-state index in [4.69, 9.17) is 4.74 Å². The smallest absolute Gasteiger partial charge is 0.313 e. The first kappa shape index (κ1) is 9.96. The van der Waals surface area contributed by atoms with Crippen molar-refractivity contribution in [3.63, 3.8) is 0 Å². The van der Waals surface area contributed by atoms with Gasteiger partial charge in [-0.05, 0) is 19.3 Å². The molecule has 0 bridgehead atoms. The van der Waals surface area contributed by atoms with Gasteiger partial charge in [0.25, 0.3) is 0 Å². The summed E-state index contributed by atoms with van der Waals surface area (Å²) in [7, 11) is 0. The SMILES string of the molecule is O=C1CCCC/C=C/COC(=O)C1. The van der Waals surface area contributed by atoms with Crippen LogP contribution in [-0.4, -0.2) is 18.4 Å². The van der Waals surface area contributed by atoms with E-state index in [1.807, 2.05) is 12.2 Å². The highest BCUT2D eigenvalue weighted by atomic mass is 16.5. The first-order valence-corrected chi connectivity index (χ1v) is 4.61. The third-order valence-electron chi connectivity index (χ3n) is 1.93. The highest BCUT2D eigenvalue weighted by Crippen LogP contribution is 2.05. The lowest BCUT2D eigenvalue weighted by Crippen LogP contribution is -2.10. The van der Waals surface area contributed by atoms with Crippen molar-refractivity contribution in [3.05, 3.63) is 12.2 Å². The molecule has 0 amide bonds. The molecule has 1 aliphatic heterocycles. The predicted octanol–water partition coefficient (Wildman–Crippen LogP) is 1.62. The Morgan fingerprint density at radius 1 is 1.15 bits per heavy atom. The summed E-state index contributed by atoms with van der Waals surface area (Å²) in [6, 6.07) is 0. The molecule has 0 aliphatic carbocycles. The summed E-state index contributed by atoms with van der Waals surface area (Å²) in [5, 5.41) is 0. The summed E-state index contributed by atoms with van der Waals surface area (Å²) in [5.74, 6) is -0.413. The van der Waals surface area contributed by atoms with E-state index in [0.717, 1.165) is 19.3 Å². The van der Waals surface area contributed by atoms with Crippen LogP contribution < -0.4 is 0 Å². The monoisotopic (exact) mass is 182 g/mol. The second kappa shape index (κ2) is 5.51. The molecule has 72 valence electrons. The maximum absolute atomic E-state index is 11.1. The zero-order chi connectivity index (χ0) is 9.52. The van der Waals surface area contributed by atoms with E-state index in [-0.39, 0.29) is 12.2 Å². The summed E-state index contributed by atoms with van der Waals surface area (Å²) >= 11 is 0. The van der Waals surface area contributed by atoms with Gasteiger partial charge in [-0.25, -0.2) is 0 Å². The number of cyclic esters (lactones) is 1. The molecule has 1 heterocycles. The molecular formula is C10H14O3. The average Bonchev–Trinajstić information content (AvgIpc) is 2.11. The Hall–Kier alpha value is -1.12. The molecule has 13 heavy (non-hydrogen) atoms. The number of hydrogen-bond donors (Lipinski definition) is 0. The maximum atomic E-state index is 11.1. The molecule has 0 radical (unpaired) electrons. The van der Waals surface area contributed by atoms with Gasteiger partial charge in [0, 0.05) is 6.42 Å². The van der Waals surface area contributed by atoms with Crippen molar-refractivity contribution in [2.75, 3.05) is 6.61 Å². The van der Waals surface area contributed by atoms with E-state index in [2.05, 4.69) is 0 Å². The lowest BCUT2D eigenvalue weighted by atomic mass is 10.1. The minimum absolute atomic E-state index is 0.00750. The fourth-order valence-electron chi connectivity index (χ4n) is 1.21. The molecule has 0 unspecified atom stereocenters. The van der Waals surface area contributed by atoms with Crippen LogP contribution in [0, 0.1) is 0 Å². The molecule has 0 atom stereocenters. The first-order valence-electron chi connectivity index (χ1n) is 4.61. The summed E-state index contributed by atoms with van der Waals surface area (Å²) in [6.45, 7) is 0.298. The van der Waals surface area contributed by atoms with Crippen LogP contribution in [-0.2, 0) is 14.3 Å². The highest BCUT2D eigenvalue weighted by Gasteiger charge is 2.10. The van der Waals surface area contributed by atoms with Crippen LogP contribution in [0.5, 0.6) is 0 Å². The number of hydrogen-bond acceptors (Lipinski definition) is 3. The number of allylic oxidation sites excluding steroid dienone is 1. The minimum Gasteiger partial charge on any atom is -0.461 e. The van der Waals surface area contributed by atoms with E-state index < -0.39 is 5.97 Å². The molecule has 3 nitrogen and oxygen atoms in total. The van der Waals surface area contributed by atoms with Crippen LogP contribution >= 0.6 is 0 Å². The zero-order valence-corrected chi connectivity index (χ0v) is 7.62. The van der Waals surface area contributed by atoms with Gasteiger partial charge in [-0.15, -0.1) is 0 Å². The van der Waals surface area contributed by atoms with Crippen molar-refractivity contribution in [1.82, 2.24) is 0 Å². The van der Waals surface area contributed by atoms with Crippen LogP contribution in [0.15, 0.2) is 12.2 Å². The average molecular weight is 182 g/mol. The summed E-state index contributed by atoms with van der Waals surface area (Å²) in [6.07, 6.45) is 7.10. The Labute approximate surface area is 77.8 Å². The standard InChI is InChI=1S/C10H14O3/c11-9-6-4-2-1-3-5-7-13-10(12)8-9/h3,5H,1-2,4,6-8H2/b5-3+. The van der Waals surface area contributed by atoms with E-state index in [1.165, 1.54) is 0 Å². The molecule has 0 aromatic carbocycles. The summed E-state index contributed by atoms with van der Waals surface area (Å²) in [5.41, 5.74) is 0. The van der Waals surface area contributed by atoms with Gasteiger partial charge >= 0.3 is 5.97 Å². The summed E-state index contributed by atoms with van der Waals surface area (Å²) in [4.78, 5) is 22.0. The maximum Gasteiger partial charge on any atom is 0.313 e. The topological polar surface area (TPSA) is 43.4 Å². The van der Waals surface area contributed by atoms with Crippen LogP contribution in [0.1, 0.15) is 32.1 Å². The van der Waals surface area contributed by atoms with E-state index in [1.54, 1.807) is 0 Å². The second-order valence-electron chi connectivity index (χ2n) is 3.12. The molecule has 0 saturated heterocycles. The molecule has 3 heteroatoms. The van der Waals surface area contributed by atoms with Gasteiger partial charge in [0.15, 0.2) is 0 Å². The molecule has 0 N–H and O–H groups in total. The van der Waals surface area contributed by atoms with Gasteiger partial charge < -0.3 is 4.74 Å². The molecule has 1 rings (SSSR count). The Morgan fingerprint density at radius 2 is 2.00 bits per heavy atom. The van der Waals surface area contributed by atoms with Gasteiger partial charge in [-0.2, -0.15) is 0 Å². The summed E-state index contributed by atoms with van der Waals surface area (Å²) < 4.78 is 4.80. The number of Topliss-reactive ketones (excluding diaryl/α,β-unsaturated/α-hetero) is 1. The lowest BCUT2D eigenvalue weighted by molar-refractivity contribution is -0.144. The fourth-order valence-corrected chi connectivity index (χ4v) is 1.21. The number of carbonyl (C=O) groups is 2. The van der Waals surface area contributed by atoms with Crippen LogP contribution in [0.4, 0.5) is 0 Å². The predicted molar refractivity (Wildman–Crippen MR) is 48.2 cm³/mol. The van der Waals surface area contributed by atoms with Crippen LogP contribution in [0.25, 0.3) is 0 Å². The lowest BCUT2D eigenvalue weighted by Gasteiger charge is -1.99. The zero-order valence-electron chi connectivity index (χ0n) is 7.62. The van der Waals surface area contributed by atoms with Crippen molar-refractivity contribution in [1.29, 1.82) is 0 Å². The van der Waals surface area contributed by atoms with E-state index >= 15 is 0 Å². The van der Waals surface area contributed by atoms with Gasteiger partial charge in [0.05, 0.1) is 0 Å². The Morgan fingerprint density at radius 3 is 2.85 bits per heavy atom. The molecular weight excluding hydrogens is 168 g/mol. The number of ketones is 1. The molecule has 0 fully saturated rings. The van der Waals surface area contributed by atoms with Gasteiger partial charge in [0.2, 0.25) is 0 Å². The van der Waals surface area contributed by atoms with Gasteiger partial charge in [0.1, 0.15) is 18.8 Å². The Kier molecular flexibility index (Phi) is 4.23. The van der Waals surface area contributed by atoms with E-state index in [9.17, 15) is 9.59 Å². The number of ether oxygens (including phenoxy) is 1. The number of esters is 1. The van der Waals surface area contributed by atoms with Crippen molar-refractivity contribution < 1.29 is 14.3 Å². The van der Waals surface area contributed by atoms with Crippen molar-refractivity contribution in [2.24, 2.45) is 0 Å². The fraction of sp³-hybridized carbons (Fsp3) is 0.600. The highest BCUT2D eigenvalue weighted by molar-refractivity contribution is 5.95. The molecule has 0 saturated carbocycles. The van der Waals surface area contributed by atoms with Crippen LogP contribution in [0.2, 0.25) is 0 Å². The van der Waals surface area contributed by atoms with Crippen molar-refractivity contribution >= 4 is 11.8 Å². The number of rotatable bonds is 0. The largest absolute Gasteiger partial charge is 0.461 e. The number of carbonyl (C=O) groups excluding carboxylic acids is 2. The first-order chi connectivity index (χ1) is 6.29.